The second-order valence-electron chi connectivity index (χ2n) is 4.11. The van der Waals surface area contributed by atoms with E-state index in [0.717, 1.165) is 25.9 Å². The standard InChI is InChI=1S/C12H14ClNO4/c13-10-6-14-11(5-9(10)12(15)16)18-7-8-3-1-2-4-17-8/h5-6,8H,1-4,7H2,(H,15,16). The van der Waals surface area contributed by atoms with Crippen molar-refractivity contribution in [3.63, 3.8) is 0 Å². The maximum atomic E-state index is 10.9. The van der Waals surface area contributed by atoms with Gasteiger partial charge in [-0.15, -0.1) is 0 Å². The first-order chi connectivity index (χ1) is 8.66. The molecule has 0 radical (unpaired) electrons. The summed E-state index contributed by atoms with van der Waals surface area (Å²) in [6, 6.07) is 1.33. The average Bonchev–Trinajstić information content (AvgIpc) is 2.38. The molecule has 0 aromatic carbocycles. The van der Waals surface area contributed by atoms with Gasteiger partial charge in [0.05, 0.1) is 22.9 Å². The van der Waals surface area contributed by atoms with Crippen LogP contribution in [0.25, 0.3) is 0 Å². The smallest absolute Gasteiger partial charge is 0.337 e. The third-order valence-electron chi connectivity index (χ3n) is 2.75. The number of hydrogen-bond acceptors (Lipinski definition) is 4. The summed E-state index contributed by atoms with van der Waals surface area (Å²) in [6.07, 6.45) is 4.51. The van der Waals surface area contributed by atoms with Gasteiger partial charge >= 0.3 is 5.97 Å². The first-order valence-corrected chi connectivity index (χ1v) is 6.18. The molecule has 1 aromatic rings. The quantitative estimate of drug-likeness (QED) is 0.910. The van der Waals surface area contributed by atoms with Gasteiger partial charge < -0.3 is 14.6 Å². The monoisotopic (exact) mass is 271 g/mol. The number of hydrogen-bond donors (Lipinski definition) is 1. The number of carbonyl (C=O) groups is 1. The normalized spacial score (nSPS) is 19.5. The largest absolute Gasteiger partial charge is 0.478 e. The first kappa shape index (κ1) is 13.1. The van der Waals surface area contributed by atoms with Gasteiger partial charge in [-0.2, -0.15) is 0 Å². The molecule has 1 aliphatic rings. The Bertz CT molecular complexity index is 432. The molecular formula is C12H14ClNO4. The van der Waals surface area contributed by atoms with E-state index in [1.165, 1.54) is 12.3 Å². The minimum absolute atomic E-state index is 0.00812. The number of halogens is 1. The van der Waals surface area contributed by atoms with Crippen molar-refractivity contribution in [1.29, 1.82) is 0 Å². The Morgan fingerprint density at radius 3 is 3.11 bits per heavy atom. The second-order valence-corrected chi connectivity index (χ2v) is 4.51. The van der Waals surface area contributed by atoms with Gasteiger partial charge in [-0.3, -0.25) is 0 Å². The van der Waals surface area contributed by atoms with Gasteiger partial charge in [0, 0.05) is 12.7 Å². The number of pyridine rings is 1. The molecule has 2 heterocycles. The Kier molecular flexibility index (Phi) is 4.38. The van der Waals surface area contributed by atoms with Crippen molar-refractivity contribution in [3.05, 3.63) is 22.8 Å². The highest BCUT2D eigenvalue weighted by Gasteiger charge is 2.16. The Hall–Kier alpha value is -1.33. The van der Waals surface area contributed by atoms with Crippen molar-refractivity contribution in [1.82, 2.24) is 4.98 Å². The number of ether oxygens (including phenoxy) is 2. The zero-order valence-electron chi connectivity index (χ0n) is 9.76. The van der Waals surface area contributed by atoms with Crippen LogP contribution in [-0.2, 0) is 4.74 Å². The van der Waals surface area contributed by atoms with Gasteiger partial charge in [-0.05, 0) is 19.3 Å². The third-order valence-corrected chi connectivity index (χ3v) is 3.05. The highest BCUT2D eigenvalue weighted by atomic mass is 35.5. The molecule has 0 spiro atoms. The van der Waals surface area contributed by atoms with Gasteiger partial charge in [0.2, 0.25) is 5.88 Å². The summed E-state index contributed by atoms with van der Waals surface area (Å²) >= 11 is 5.72. The number of rotatable bonds is 4. The van der Waals surface area contributed by atoms with Crippen LogP contribution in [0.4, 0.5) is 0 Å². The fraction of sp³-hybridized carbons (Fsp3) is 0.500. The van der Waals surface area contributed by atoms with E-state index < -0.39 is 5.97 Å². The van der Waals surface area contributed by atoms with Crippen LogP contribution >= 0.6 is 11.6 Å². The molecule has 5 nitrogen and oxygen atoms in total. The van der Waals surface area contributed by atoms with E-state index in [9.17, 15) is 4.79 Å². The summed E-state index contributed by atoms with van der Waals surface area (Å²) in [5, 5.41) is 9.02. The van der Waals surface area contributed by atoms with Crippen molar-refractivity contribution in [2.24, 2.45) is 0 Å². The number of aromatic carboxylic acids is 1. The van der Waals surface area contributed by atoms with E-state index >= 15 is 0 Å². The molecular weight excluding hydrogens is 258 g/mol. The lowest BCUT2D eigenvalue weighted by Crippen LogP contribution is -2.26. The molecule has 98 valence electrons. The molecule has 1 unspecified atom stereocenters. The highest BCUT2D eigenvalue weighted by Crippen LogP contribution is 2.20. The fourth-order valence-corrected chi connectivity index (χ4v) is 1.96. The summed E-state index contributed by atoms with van der Waals surface area (Å²) in [4.78, 5) is 14.8. The molecule has 1 aromatic heterocycles. The fourth-order valence-electron chi connectivity index (χ4n) is 1.78. The molecule has 1 fully saturated rings. The van der Waals surface area contributed by atoms with E-state index in [0.29, 0.717) is 6.61 Å². The van der Waals surface area contributed by atoms with Crippen LogP contribution in [0.3, 0.4) is 0 Å². The molecule has 18 heavy (non-hydrogen) atoms. The van der Waals surface area contributed by atoms with Crippen LogP contribution < -0.4 is 4.74 Å². The molecule has 0 saturated carbocycles. The van der Waals surface area contributed by atoms with Crippen LogP contribution in [-0.4, -0.2) is 35.4 Å². The Balaban J connectivity index is 1.96. The van der Waals surface area contributed by atoms with Crippen LogP contribution in [0.5, 0.6) is 5.88 Å². The predicted molar refractivity (Wildman–Crippen MR) is 65.3 cm³/mol. The van der Waals surface area contributed by atoms with E-state index in [-0.39, 0.29) is 22.6 Å². The summed E-state index contributed by atoms with van der Waals surface area (Å²) in [5.41, 5.74) is -0.00812. The minimum Gasteiger partial charge on any atom is -0.478 e. The summed E-state index contributed by atoms with van der Waals surface area (Å²) in [7, 11) is 0. The number of carboxylic acids is 1. The van der Waals surface area contributed by atoms with Crippen molar-refractivity contribution >= 4 is 17.6 Å². The Labute approximate surface area is 110 Å². The maximum Gasteiger partial charge on any atom is 0.337 e. The van der Waals surface area contributed by atoms with Crippen LogP contribution in [0.2, 0.25) is 5.02 Å². The van der Waals surface area contributed by atoms with E-state index in [2.05, 4.69) is 4.98 Å². The molecule has 6 heteroatoms. The first-order valence-electron chi connectivity index (χ1n) is 5.80. The van der Waals surface area contributed by atoms with Crippen molar-refractivity contribution in [2.75, 3.05) is 13.2 Å². The van der Waals surface area contributed by atoms with Crippen LogP contribution in [0.1, 0.15) is 29.6 Å². The number of nitrogens with zero attached hydrogens (tertiary/aromatic N) is 1. The molecule has 1 saturated heterocycles. The summed E-state index contributed by atoms with van der Waals surface area (Å²) < 4.78 is 10.9. The van der Waals surface area contributed by atoms with Crippen LogP contribution in [0, 0.1) is 0 Å². The van der Waals surface area contributed by atoms with Crippen molar-refractivity contribution in [2.45, 2.75) is 25.4 Å². The van der Waals surface area contributed by atoms with Gasteiger partial charge in [0.15, 0.2) is 0 Å². The maximum absolute atomic E-state index is 10.9. The highest BCUT2D eigenvalue weighted by molar-refractivity contribution is 6.33. The molecule has 0 bridgehead atoms. The lowest BCUT2D eigenvalue weighted by atomic mass is 10.1. The molecule has 0 aliphatic carbocycles. The Morgan fingerprint density at radius 2 is 2.44 bits per heavy atom. The van der Waals surface area contributed by atoms with Crippen LogP contribution in [0.15, 0.2) is 12.3 Å². The molecule has 1 aliphatic heterocycles. The minimum atomic E-state index is -1.10. The summed E-state index contributed by atoms with van der Waals surface area (Å²) in [5.74, 6) is -0.841. The van der Waals surface area contributed by atoms with Crippen molar-refractivity contribution in [3.8, 4) is 5.88 Å². The summed E-state index contributed by atoms with van der Waals surface area (Å²) in [6.45, 7) is 1.14. The molecule has 0 amide bonds. The van der Waals surface area contributed by atoms with Crippen molar-refractivity contribution < 1.29 is 19.4 Å². The van der Waals surface area contributed by atoms with E-state index in [1.54, 1.807) is 0 Å². The molecule has 2 rings (SSSR count). The van der Waals surface area contributed by atoms with Gasteiger partial charge in [0.1, 0.15) is 6.61 Å². The second kappa shape index (κ2) is 6.02. The van der Waals surface area contributed by atoms with Gasteiger partial charge in [-0.25, -0.2) is 9.78 Å². The SMILES string of the molecule is O=C(O)c1cc(OCC2CCCCO2)ncc1Cl. The predicted octanol–water partition coefficient (Wildman–Crippen LogP) is 2.38. The molecule has 1 atom stereocenters. The zero-order valence-corrected chi connectivity index (χ0v) is 10.5. The number of aromatic nitrogens is 1. The van der Waals surface area contributed by atoms with Gasteiger partial charge in [-0.1, -0.05) is 11.6 Å². The van der Waals surface area contributed by atoms with E-state index in [1.807, 2.05) is 0 Å². The molecule has 1 N–H and O–H groups in total. The topological polar surface area (TPSA) is 68.7 Å². The number of carboxylic acid groups (broad SMARTS) is 1. The Morgan fingerprint density at radius 1 is 1.61 bits per heavy atom. The average molecular weight is 272 g/mol. The zero-order chi connectivity index (χ0) is 13.0. The third kappa shape index (κ3) is 3.34. The lowest BCUT2D eigenvalue weighted by Gasteiger charge is -2.22. The van der Waals surface area contributed by atoms with Gasteiger partial charge in [0.25, 0.3) is 0 Å². The lowest BCUT2D eigenvalue weighted by molar-refractivity contribution is -0.0119. The van der Waals surface area contributed by atoms with E-state index in [4.69, 9.17) is 26.2 Å².